The molecule has 0 heterocycles. The molecule has 0 unspecified atom stereocenters. The molecule has 2 nitrogen and oxygen atoms in total. The van der Waals surface area contributed by atoms with Gasteiger partial charge >= 0.3 is 0 Å². The minimum absolute atomic E-state index is 0.744. The molecule has 0 aliphatic carbocycles. The number of rotatable bonds is 4. The molecule has 72 valence electrons. The molecule has 0 fully saturated rings. The third-order valence-electron chi connectivity index (χ3n) is 2.09. The van der Waals surface area contributed by atoms with Crippen molar-refractivity contribution in [3.8, 4) is 0 Å². The van der Waals surface area contributed by atoms with Gasteiger partial charge in [0.15, 0.2) is 0 Å². The minimum Gasteiger partial charge on any atom is -0.383 e. The zero-order chi connectivity index (χ0) is 9.68. The first-order valence-corrected chi connectivity index (χ1v) is 4.54. The van der Waals surface area contributed by atoms with E-state index in [-0.39, 0.29) is 0 Å². The van der Waals surface area contributed by atoms with E-state index in [2.05, 4.69) is 37.4 Å². The number of benzene rings is 1. The molecule has 0 atom stereocenters. The largest absolute Gasteiger partial charge is 0.383 e. The van der Waals surface area contributed by atoms with E-state index in [0.717, 1.165) is 13.2 Å². The molecule has 1 aromatic rings. The maximum Gasteiger partial charge on any atom is 0.0635 e. The summed E-state index contributed by atoms with van der Waals surface area (Å²) in [7, 11) is 1.71. The highest BCUT2D eigenvalue weighted by Gasteiger charge is 1.99. The first kappa shape index (κ1) is 10.1. The number of ether oxygens (including phenoxy) is 1. The van der Waals surface area contributed by atoms with Gasteiger partial charge in [-0.15, -0.1) is 0 Å². The summed E-state index contributed by atoms with van der Waals surface area (Å²) in [4.78, 5) is 0. The summed E-state index contributed by atoms with van der Waals surface area (Å²) in [6.07, 6.45) is 0. The van der Waals surface area contributed by atoms with Gasteiger partial charge in [-0.3, -0.25) is 0 Å². The van der Waals surface area contributed by atoms with Gasteiger partial charge in [0.1, 0.15) is 0 Å². The Morgan fingerprint density at radius 1 is 1.23 bits per heavy atom. The summed E-state index contributed by atoms with van der Waals surface area (Å²) < 4.78 is 4.98. The normalized spacial score (nSPS) is 10.1. The third-order valence-corrected chi connectivity index (χ3v) is 2.09. The van der Waals surface area contributed by atoms with Crippen LogP contribution in [0.1, 0.15) is 11.1 Å². The lowest BCUT2D eigenvalue weighted by Gasteiger charge is -2.11. The van der Waals surface area contributed by atoms with Gasteiger partial charge in [0.25, 0.3) is 0 Å². The van der Waals surface area contributed by atoms with Crippen LogP contribution in [0, 0.1) is 13.8 Å². The van der Waals surface area contributed by atoms with Gasteiger partial charge in [-0.05, 0) is 25.0 Å². The Labute approximate surface area is 79.9 Å². The number of aryl methyl sites for hydroxylation is 2. The molecule has 1 aromatic carbocycles. The van der Waals surface area contributed by atoms with Crippen molar-refractivity contribution in [2.24, 2.45) is 0 Å². The zero-order valence-electron chi connectivity index (χ0n) is 8.55. The van der Waals surface area contributed by atoms with E-state index >= 15 is 0 Å². The van der Waals surface area contributed by atoms with Crippen LogP contribution in [0.3, 0.4) is 0 Å². The van der Waals surface area contributed by atoms with E-state index in [4.69, 9.17) is 4.74 Å². The Balaban J connectivity index is 2.64. The van der Waals surface area contributed by atoms with Crippen molar-refractivity contribution in [1.29, 1.82) is 0 Å². The van der Waals surface area contributed by atoms with Gasteiger partial charge < -0.3 is 10.1 Å². The topological polar surface area (TPSA) is 21.3 Å². The van der Waals surface area contributed by atoms with Gasteiger partial charge in [0, 0.05) is 19.3 Å². The number of nitrogens with one attached hydrogen (secondary N) is 1. The van der Waals surface area contributed by atoms with Crippen LogP contribution in [-0.2, 0) is 4.74 Å². The first-order valence-electron chi connectivity index (χ1n) is 4.54. The van der Waals surface area contributed by atoms with Gasteiger partial charge in [-0.1, -0.05) is 18.2 Å². The van der Waals surface area contributed by atoms with Crippen molar-refractivity contribution >= 4 is 5.69 Å². The minimum atomic E-state index is 0.744. The molecule has 13 heavy (non-hydrogen) atoms. The number of hydrogen-bond donors (Lipinski definition) is 1. The number of hydrogen-bond acceptors (Lipinski definition) is 2. The molecular weight excluding hydrogens is 162 g/mol. The van der Waals surface area contributed by atoms with Gasteiger partial charge in [-0.2, -0.15) is 0 Å². The molecule has 0 aliphatic rings. The Morgan fingerprint density at radius 3 is 2.38 bits per heavy atom. The number of methoxy groups -OCH3 is 1. The van der Waals surface area contributed by atoms with E-state index in [1.54, 1.807) is 7.11 Å². The highest BCUT2D eigenvalue weighted by molar-refractivity contribution is 5.56. The van der Waals surface area contributed by atoms with E-state index in [1.165, 1.54) is 16.8 Å². The molecule has 0 saturated carbocycles. The Hall–Kier alpha value is -1.02. The molecule has 0 bridgehead atoms. The zero-order valence-corrected chi connectivity index (χ0v) is 8.55. The Bertz CT molecular complexity index is 251. The van der Waals surface area contributed by atoms with Crippen LogP contribution in [-0.4, -0.2) is 20.3 Å². The Morgan fingerprint density at radius 2 is 1.85 bits per heavy atom. The summed E-state index contributed by atoms with van der Waals surface area (Å²) in [6.45, 7) is 5.83. The lowest BCUT2D eigenvalue weighted by molar-refractivity contribution is 0.211. The van der Waals surface area contributed by atoms with Crippen LogP contribution in [0.5, 0.6) is 0 Å². The van der Waals surface area contributed by atoms with Crippen LogP contribution in [0.4, 0.5) is 5.69 Å². The van der Waals surface area contributed by atoms with Gasteiger partial charge in [0.2, 0.25) is 0 Å². The maximum atomic E-state index is 4.98. The molecule has 0 aliphatic heterocycles. The van der Waals surface area contributed by atoms with E-state index in [9.17, 15) is 0 Å². The first-order chi connectivity index (χ1) is 6.25. The fourth-order valence-corrected chi connectivity index (χ4v) is 1.37. The number of para-hydroxylation sites is 1. The van der Waals surface area contributed by atoms with Gasteiger partial charge in [0.05, 0.1) is 6.61 Å². The molecule has 0 aromatic heterocycles. The molecule has 2 heteroatoms. The van der Waals surface area contributed by atoms with Crippen LogP contribution in [0.15, 0.2) is 18.2 Å². The molecule has 1 rings (SSSR count). The van der Waals surface area contributed by atoms with Crippen LogP contribution < -0.4 is 5.32 Å². The predicted molar refractivity (Wildman–Crippen MR) is 56.3 cm³/mol. The molecule has 0 saturated heterocycles. The molecule has 1 N–H and O–H groups in total. The van der Waals surface area contributed by atoms with Crippen molar-refractivity contribution < 1.29 is 4.74 Å². The molecule has 0 radical (unpaired) electrons. The fraction of sp³-hybridized carbons (Fsp3) is 0.455. The smallest absolute Gasteiger partial charge is 0.0635 e. The average Bonchev–Trinajstić information content (AvgIpc) is 2.10. The summed E-state index contributed by atoms with van der Waals surface area (Å²) in [5.74, 6) is 0. The predicted octanol–water partition coefficient (Wildman–Crippen LogP) is 2.36. The third kappa shape index (κ3) is 2.74. The van der Waals surface area contributed by atoms with E-state index in [1.807, 2.05) is 0 Å². The van der Waals surface area contributed by atoms with Crippen LogP contribution >= 0.6 is 0 Å². The summed E-state index contributed by atoms with van der Waals surface area (Å²) in [5, 5.41) is 3.36. The van der Waals surface area contributed by atoms with Crippen molar-refractivity contribution in [1.82, 2.24) is 0 Å². The van der Waals surface area contributed by atoms with Gasteiger partial charge in [-0.25, -0.2) is 0 Å². The molecule has 0 spiro atoms. The summed E-state index contributed by atoms with van der Waals surface area (Å²) in [6, 6.07) is 6.30. The lowest BCUT2D eigenvalue weighted by Crippen LogP contribution is -2.09. The van der Waals surface area contributed by atoms with Crippen molar-refractivity contribution in [3.05, 3.63) is 29.3 Å². The second kappa shape index (κ2) is 4.87. The maximum absolute atomic E-state index is 4.98. The summed E-state index contributed by atoms with van der Waals surface area (Å²) >= 11 is 0. The van der Waals surface area contributed by atoms with Crippen molar-refractivity contribution in [2.75, 3.05) is 25.6 Å². The second-order valence-electron chi connectivity index (χ2n) is 3.19. The quantitative estimate of drug-likeness (QED) is 0.716. The highest BCUT2D eigenvalue weighted by Crippen LogP contribution is 2.18. The highest BCUT2D eigenvalue weighted by atomic mass is 16.5. The monoisotopic (exact) mass is 179 g/mol. The van der Waals surface area contributed by atoms with Crippen molar-refractivity contribution in [3.63, 3.8) is 0 Å². The van der Waals surface area contributed by atoms with Crippen LogP contribution in [0.2, 0.25) is 0 Å². The van der Waals surface area contributed by atoms with E-state index in [0.29, 0.717) is 0 Å². The molecule has 0 amide bonds. The van der Waals surface area contributed by atoms with E-state index < -0.39 is 0 Å². The summed E-state index contributed by atoms with van der Waals surface area (Å²) in [5.41, 5.74) is 3.81. The second-order valence-corrected chi connectivity index (χ2v) is 3.19. The molecular formula is C11H17NO. The van der Waals surface area contributed by atoms with Crippen LogP contribution in [0.25, 0.3) is 0 Å². The standard InChI is InChI=1S/C11H17NO/c1-9-5-4-6-10(2)11(9)12-7-8-13-3/h4-6,12H,7-8H2,1-3H3. The lowest BCUT2D eigenvalue weighted by atomic mass is 10.1. The fourth-order valence-electron chi connectivity index (χ4n) is 1.37. The van der Waals surface area contributed by atoms with Crippen molar-refractivity contribution in [2.45, 2.75) is 13.8 Å². The number of anilines is 1. The SMILES string of the molecule is COCCNc1c(C)cccc1C. The average molecular weight is 179 g/mol. The Kier molecular flexibility index (Phi) is 3.77.